The van der Waals surface area contributed by atoms with Gasteiger partial charge in [-0.1, -0.05) is 42.0 Å². The molecular weight excluding hydrogens is 457 g/mol. The summed E-state index contributed by atoms with van der Waals surface area (Å²) in [4.78, 5) is 37.6. The van der Waals surface area contributed by atoms with Crippen LogP contribution in [0.15, 0.2) is 71.7 Å². The minimum atomic E-state index is -0.306. The highest BCUT2D eigenvalue weighted by Gasteiger charge is 2.28. The summed E-state index contributed by atoms with van der Waals surface area (Å²) in [5.41, 5.74) is 3.96. The zero-order valence-corrected chi connectivity index (χ0v) is 20.2. The van der Waals surface area contributed by atoms with Gasteiger partial charge in [-0.15, -0.1) is 0 Å². The number of piperidine rings is 1. The summed E-state index contributed by atoms with van der Waals surface area (Å²) in [5.74, 6) is -0.306. The van der Waals surface area contributed by atoms with Crippen LogP contribution in [0, 0.1) is 18.7 Å². The van der Waals surface area contributed by atoms with Crippen molar-refractivity contribution in [3.05, 3.63) is 99.7 Å². The lowest BCUT2D eigenvalue weighted by Crippen LogP contribution is -2.45. The van der Waals surface area contributed by atoms with Crippen LogP contribution in [0.5, 0.6) is 0 Å². The van der Waals surface area contributed by atoms with Crippen LogP contribution in [0.25, 0.3) is 11.2 Å². The lowest BCUT2D eigenvalue weighted by atomic mass is 9.97. The average molecular weight is 486 g/mol. The highest BCUT2D eigenvalue weighted by atomic mass is 19.1. The number of aromatic nitrogens is 3. The lowest BCUT2D eigenvalue weighted by Gasteiger charge is -2.32. The van der Waals surface area contributed by atoms with Crippen LogP contribution in [-0.4, -0.2) is 33.5 Å². The van der Waals surface area contributed by atoms with E-state index in [0.717, 1.165) is 29.5 Å². The smallest absolute Gasteiger partial charge is 0.295 e. The van der Waals surface area contributed by atoms with Gasteiger partial charge in [0.05, 0.1) is 12.5 Å². The van der Waals surface area contributed by atoms with E-state index in [1.807, 2.05) is 48.2 Å². The Balaban J connectivity index is 1.38. The summed E-state index contributed by atoms with van der Waals surface area (Å²) in [6.07, 6.45) is 3.17. The molecule has 0 radical (unpaired) electrons. The van der Waals surface area contributed by atoms with Gasteiger partial charge in [0.15, 0.2) is 11.5 Å². The Hall–Kier alpha value is -4.07. The summed E-state index contributed by atoms with van der Waals surface area (Å²) in [6, 6.07) is 17.8. The Kier molecular flexibility index (Phi) is 6.75. The molecule has 184 valence electrons. The second-order valence-electron chi connectivity index (χ2n) is 9.29. The molecule has 4 aromatic rings. The van der Waals surface area contributed by atoms with Crippen molar-refractivity contribution in [1.29, 1.82) is 0 Å². The van der Waals surface area contributed by atoms with E-state index in [4.69, 9.17) is 0 Å². The number of amides is 1. The Morgan fingerprint density at radius 1 is 1.08 bits per heavy atom. The molecule has 8 heteroatoms. The van der Waals surface area contributed by atoms with Crippen LogP contribution in [0.2, 0.25) is 0 Å². The van der Waals surface area contributed by atoms with Crippen molar-refractivity contribution in [3.63, 3.8) is 0 Å². The van der Waals surface area contributed by atoms with Gasteiger partial charge in [-0.3, -0.25) is 14.2 Å². The Morgan fingerprint density at radius 3 is 2.61 bits per heavy atom. The van der Waals surface area contributed by atoms with Crippen molar-refractivity contribution in [2.24, 2.45) is 5.92 Å². The number of fused-ring (bicyclic) bond motifs is 1. The molecule has 7 nitrogen and oxygen atoms in total. The molecule has 2 aromatic heterocycles. The fourth-order valence-corrected chi connectivity index (χ4v) is 4.61. The molecular formula is C28H28FN5O2. The summed E-state index contributed by atoms with van der Waals surface area (Å²) in [7, 11) is 0. The number of rotatable bonds is 6. The molecule has 5 rings (SSSR count). The van der Waals surface area contributed by atoms with Crippen molar-refractivity contribution in [2.45, 2.75) is 32.9 Å². The molecule has 0 aliphatic carbocycles. The van der Waals surface area contributed by atoms with E-state index < -0.39 is 0 Å². The summed E-state index contributed by atoms with van der Waals surface area (Å²) >= 11 is 0. The minimum Gasteiger partial charge on any atom is -0.352 e. The molecule has 1 N–H and O–H groups in total. The van der Waals surface area contributed by atoms with Crippen molar-refractivity contribution in [1.82, 2.24) is 19.9 Å². The van der Waals surface area contributed by atoms with E-state index >= 15 is 0 Å². The molecule has 1 saturated heterocycles. The molecule has 1 atom stereocenters. The monoisotopic (exact) mass is 485 g/mol. The zero-order chi connectivity index (χ0) is 25.1. The number of benzene rings is 2. The first-order valence-corrected chi connectivity index (χ1v) is 12.2. The van der Waals surface area contributed by atoms with E-state index in [9.17, 15) is 14.0 Å². The van der Waals surface area contributed by atoms with Crippen LogP contribution in [0.4, 0.5) is 10.2 Å². The predicted octanol–water partition coefficient (Wildman–Crippen LogP) is 3.82. The maximum atomic E-state index is 13.7. The second-order valence-corrected chi connectivity index (χ2v) is 9.29. The van der Waals surface area contributed by atoms with Gasteiger partial charge in [-0.25, -0.2) is 14.4 Å². The third kappa shape index (κ3) is 5.12. The highest BCUT2D eigenvalue weighted by Crippen LogP contribution is 2.22. The maximum absolute atomic E-state index is 13.7. The van der Waals surface area contributed by atoms with Crippen molar-refractivity contribution < 1.29 is 9.18 Å². The molecule has 1 amide bonds. The first-order chi connectivity index (χ1) is 17.5. The number of carbonyl (C=O) groups is 1. The molecule has 1 aliphatic heterocycles. The topological polar surface area (TPSA) is 80.1 Å². The number of halogens is 1. The Labute approximate surface area is 208 Å². The number of carbonyl (C=O) groups excluding carboxylic acids is 1. The summed E-state index contributed by atoms with van der Waals surface area (Å²) in [6.45, 7) is 3.81. The van der Waals surface area contributed by atoms with Crippen molar-refractivity contribution in [3.8, 4) is 0 Å². The van der Waals surface area contributed by atoms with Gasteiger partial charge < -0.3 is 10.2 Å². The number of nitrogens with zero attached hydrogens (tertiary/aromatic N) is 4. The third-order valence-corrected chi connectivity index (χ3v) is 6.62. The van der Waals surface area contributed by atoms with Gasteiger partial charge >= 0.3 is 0 Å². The quantitative estimate of drug-likeness (QED) is 0.449. The van der Waals surface area contributed by atoms with E-state index in [-0.39, 0.29) is 23.2 Å². The molecule has 36 heavy (non-hydrogen) atoms. The van der Waals surface area contributed by atoms with Gasteiger partial charge in [-0.2, -0.15) is 0 Å². The van der Waals surface area contributed by atoms with Gasteiger partial charge in [0.1, 0.15) is 11.3 Å². The number of hydrogen-bond acceptors (Lipinski definition) is 5. The Bertz CT molecular complexity index is 1430. The standard InChI is InChI=1S/C28H28FN5O2/c1-19-6-8-21(9-7-19)17-34-25-24(5-2-14-30-25)32-26(28(34)36)33-15-3-4-22(18-33)27(35)31-16-20-10-12-23(29)13-11-20/h2,5-14,22H,3-4,15-18H2,1H3,(H,31,35)/t22-/m0/s1. The van der Waals surface area contributed by atoms with Crippen LogP contribution in [-0.2, 0) is 17.9 Å². The van der Waals surface area contributed by atoms with Gasteiger partial charge in [0, 0.05) is 25.8 Å². The van der Waals surface area contributed by atoms with E-state index in [0.29, 0.717) is 43.2 Å². The number of pyridine rings is 1. The SMILES string of the molecule is Cc1ccc(Cn2c(=O)c(N3CCC[C@H](C(=O)NCc4ccc(F)cc4)C3)nc3cccnc32)cc1. The van der Waals surface area contributed by atoms with E-state index in [2.05, 4.69) is 15.3 Å². The first kappa shape index (κ1) is 23.7. The summed E-state index contributed by atoms with van der Waals surface area (Å²) in [5, 5.41) is 2.95. The van der Waals surface area contributed by atoms with Gasteiger partial charge in [-0.05, 0) is 55.2 Å². The fourth-order valence-electron chi connectivity index (χ4n) is 4.61. The molecule has 0 unspecified atom stereocenters. The number of hydrogen-bond donors (Lipinski definition) is 1. The molecule has 3 heterocycles. The predicted molar refractivity (Wildman–Crippen MR) is 137 cm³/mol. The largest absolute Gasteiger partial charge is 0.352 e. The fraction of sp³-hybridized carbons (Fsp3) is 0.286. The second kappa shape index (κ2) is 10.3. The van der Waals surface area contributed by atoms with Crippen LogP contribution in [0.1, 0.15) is 29.5 Å². The average Bonchev–Trinajstić information content (AvgIpc) is 2.91. The maximum Gasteiger partial charge on any atom is 0.295 e. The van der Waals surface area contributed by atoms with Crippen LogP contribution in [0.3, 0.4) is 0 Å². The van der Waals surface area contributed by atoms with Crippen LogP contribution < -0.4 is 15.8 Å². The van der Waals surface area contributed by atoms with Crippen molar-refractivity contribution >= 4 is 22.9 Å². The molecule has 0 bridgehead atoms. The normalized spacial score (nSPS) is 15.7. The molecule has 0 saturated carbocycles. The molecule has 2 aromatic carbocycles. The zero-order valence-electron chi connectivity index (χ0n) is 20.2. The van der Waals surface area contributed by atoms with Crippen molar-refractivity contribution in [2.75, 3.05) is 18.0 Å². The molecule has 0 spiro atoms. The molecule has 1 aliphatic rings. The molecule has 1 fully saturated rings. The third-order valence-electron chi connectivity index (χ3n) is 6.62. The van der Waals surface area contributed by atoms with Gasteiger partial charge in [0.2, 0.25) is 5.91 Å². The van der Waals surface area contributed by atoms with E-state index in [1.54, 1.807) is 22.9 Å². The van der Waals surface area contributed by atoms with E-state index in [1.165, 1.54) is 12.1 Å². The number of nitrogens with one attached hydrogen (secondary N) is 1. The number of anilines is 1. The number of aryl methyl sites for hydroxylation is 1. The highest BCUT2D eigenvalue weighted by molar-refractivity contribution is 5.79. The Morgan fingerprint density at radius 2 is 1.83 bits per heavy atom. The lowest BCUT2D eigenvalue weighted by molar-refractivity contribution is -0.125. The summed E-state index contributed by atoms with van der Waals surface area (Å²) < 4.78 is 14.8. The van der Waals surface area contributed by atoms with Crippen LogP contribution >= 0.6 is 0 Å². The first-order valence-electron chi connectivity index (χ1n) is 12.2. The minimum absolute atomic E-state index is 0.0774. The van der Waals surface area contributed by atoms with Gasteiger partial charge in [0.25, 0.3) is 5.56 Å².